The van der Waals surface area contributed by atoms with Crippen molar-refractivity contribution in [2.24, 2.45) is 22.2 Å². The van der Waals surface area contributed by atoms with Gasteiger partial charge in [-0.1, -0.05) is 13.8 Å². The van der Waals surface area contributed by atoms with Crippen LogP contribution >= 0.6 is 0 Å². The normalized spacial score (nSPS) is 54.2. The highest BCUT2D eigenvalue weighted by Crippen LogP contribution is 2.82. The summed E-state index contributed by atoms with van der Waals surface area (Å²) in [6.07, 6.45) is 8.02. The number of hydrogen-bond donors (Lipinski definition) is 1. The first-order chi connectivity index (χ1) is 7.55. The van der Waals surface area contributed by atoms with Crippen molar-refractivity contribution in [3.63, 3.8) is 0 Å². The fourth-order valence-corrected chi connectivity index (χ4v) is 5.41. The largest absolute Gasteiger partial charge is 0.481 e. The number of rotatable bonds is 2. The first-order valence-corrected chi connectivity index (χ1v) is 6.78. The molecule has 3 rings (SSSR count). The lowest BCUT2D eigenvalue weighted by Crippen LogP contribution is -2.73. The Bertz CT molecular complexity index is 339. The molecular weight excluding hydrogens is 200 g/mol. The molecule has 0 aromatic rings. The van der Waals surface area contributed by atoms with E-state index in [9.17, 15) is 9.90 Å². The van der Waals surface area contributed by atoms with Crippen molar-refractivity contribution >= 4 is 5.97 Å². The standard InChI is InChI=1S/C14H22O2/c1-3-12(11(15)16)6-8-14(12)9-7-13(14)5-4-10(13)2/h10H,3-9H2,1-2H3,(H,15,16). The quantitative estimate of drug-likeness (QED) is 0.777. The van der Waals surface area contributed by atoms with E-state index in [1.54, 1.807) is 0 Å². The lowest BCUT2D eigenvalue weighted by molar-refractivity contribution is -0.295. The van der Waals surface area contributed by atoms with Gasteiger partial charge in [-0.2, -0.15) is 0 Å². The monoisotopic (exact) mass is 222 g/mol. The van der Waals surface area contributed by atoms with Gasteiger partial charge in [-0.25, -0.2) is 0 Å². The van der Waals surface area contributed by atoms with Crippen molar-refractivity contribution in [2.45, 2.75) is 58.8 Å². The minimum atomic E-state index is -0.514. The van der Waals surface area contributed by atoms with E-state index in [1.165, 1.54) is 32.1 Å². The van der Waals surface area contributed by atoms with Crippen LogP contribution in [0.2, 0.25) is 0 Å². The van der Waals surface area contributed by atoms with Crippen LogP contribution in [0.3, 0.4) is 0 Å². The van der Waals surface area contributed by atoms with Crippen molar-refractivity contribution in [3.8, 4) is 0 Å². The van der Waals surface area contributed by atoms with E-state index < -0.39 is 5.97 Å². The summed E-state index contributed by atoms with van der Waals surface area (Å²) in [5.74, 6) is 0.256. The van der Waals surface area contributed by atoms with Crippen LogP contribution in [0.5, 0.6) is 0 Å². The maximum Gasteiger partial charge on any atom is 0.310 e. The van der Waals surface area contributed by atoms with E-state index in [4.69, 9.17) is 0 Å². The van der Waals surface area contributed by atoms with Crippen LogP contribution in [-0.4, -0.2) is 11.1 Å². The van der Waals surface area contributed by atoms with Crippen molar-refractivity contribution in [1.82, 2.24) is 0 Å². The average Bonchev–Trinajstić information content (AvgIpc) is 2.13. The van der Waals surface area contributed by atoms with Crippen LogP contribution in [0.25, 0.3) is 0 Å². The molecule has 2 spiro atoms. The topological polar surface area (TPSA) is 37.3 Å². The Hall–Kier alpha value is -0.530. The Morgan fingerprint density at radius 1 is 1.25 bits per heavy atom. The van der Waals surface area contributed by atoms with E-state index >= 15 is 0 Å². The lowest BCUT2D eigenvalue weighted by atomic mass is 9.25. The predicted molar refractivity (Wildman–Crippen MR) is 62.1 cm³/mol. The van der Waals surface area contributed by atoms with Gasteiger partial charge in [0.1, 0.15) is 0 Å². The molecule has 4 atom stereocenters. The molecule has 0 bridgehead atoms. The molecule has 0 aromatic heterocycles. The Labute approximate surface area is 97.4 Å². The summed E-state index contributed by atoms with van der Waals surface area (Å²) in [5.41, 5.74) is 0.262. The third-order valence-corrected chi connectivity index (χ3v) is 6.83. The van der Waals surface area contributed by atoms with Gasteiger partial charge < -0.3 is 5.11 Å². The van der Waals surface area contributed by atoms with E-state index in [1.807, 2.05) is 0 Å². The van der Waals surface area contributed by atoms with E-state index in [0.717, 1.165) is 18.8 Å². The smallest absolute Gasteiger partial charge is 0.310 e. The highest BCUT2D eigenvalue weighted by Gasteiger charge is 2.77. The predicted octanol–water partition coefficient (Wildman–Crippen LogP) is 3.46. The molecule has 0 heterocycles. The summed E-state index contributed by atoms with van der Waals surface area (Å²) in [6.45, 7) is 4.41. The summed E-state index contributed by atoms with van der Waals surface area (Å²) in [7, 11) is 0. The summed E-state index contributed by atoms with van der Waals surface area (Å²) >= 11 is 0. The molecule has 3 fully saturated rings. The highest BCUT2D eigenvalue weighted by atomic mass is 16.4. The number of aliphatic carboxylic acids is 1. The zero-order valence-electron chi connectivity index (χ0n) is 10.4. The average molecular weight is 222 g/mol. The molecule has 3 aliphatic rings. The number of fused-ring (bicyclic) bond motifs is 1. The molecule has 0 aliphatic heterocycles. The summed E-state index contributed by atoms with van der Waals surface area (Å²) in [4.78, 5) is 11.7. The first-order valence-electron chi connectivity index (χ1n) is 6.78. The zero-order chi connectivity index (χ0) is 11.6. The molecule has 0 amide bonds. The van der Waals surface area contributed by atoms with E-state index in [2.05, 4.69) is 13.8 Å². The molecule has 90 valence electrons. The van der Waals surface area contributed by atoms with Gasteiger partial charge in [0.15, 0.2) is 0 Å². The van der Waals surface area contributed by atoms with Crippen molar-refractivity contribution in [2.75, 3.05) is 0 Å². The Balaban J connectivity index is 1.98. The summed E-state index contributed by atoms with van der Waals surface area (Å²) in [5, 5.41) is 9.62. The molecule has 2 heteroatoms. The number of hydrogen-bond acceptors (Lipinski definition) is 1. The third-order valence-electron chi connectivity index (χ3n) is 6.83. The SMILES string of the molecule is CCC1(C(=O)O)CCC12CCC21CCC1C. The maximum absolute atomic E-state index is 11.7. The van der Waals surface area contributed by atoms with Crippen LogP contribution in [0.1, 0.15) is 58.8 Å². The Kier molecular flexibility index (Phi) is 1.88. The van der Waals surface area contributed by atoms with Gasteiger partial charge in [0.25, 0.3) is 0 Å². The van der Waals surface area contributed by atoms with Crippen LogP contribution in [0.4, 0.5) is 0 Å². The Morgan fingerprint density at radius 3 is 2.12 bits per heavy atom. The van der Waals surface area contributed by atoms with Crippen LogP contribution in [0.15, 0.2) is 0 Å². The van der Waals surface area contributed by atoms with Crippen LogP contribution in [0, 0.1) is 22.2 Å². The molecular formula is C14H22O2. The van der Waals surface area contributed by atoms with Gasteiger partial charge in [-0.05, 0) is 61.7 Å². The fraction of sp³-hybridized carbons (Fsp3) is 0.929. The van der Waals surface area contributed by atoms with Crippen molar-refractivity contribution in [1.29, 1.82) is 0 Å². The molecule has 0 radical (unpaired) electrons. The molecule has 0 aromatic carbocycles. The molecule has 0 saturated heterocycles. The summed E-state index contributed by atoms with van der Waals surface area (Å²) in [6, 6.07) is 0. The van der Waals surface area contributed by atoms with Gasteiger partial charge >= 0.3 is 5.97 Å². The molecule has 4 unspecified atom stereocenters. The molecule has 3 saturated carbocycles. The van der Waals surface area contributed by atoms with Crippen LogP contribution < -0.4 is 0 Å². The second-order valence-corrected chi connectivity index (χ2v) is 6.42. The lowest BCUT2D eigenvalue weighted by Gasteiger charge is -2.77. The van der Waals surface area contributed by atoms with Crippen molar-refractivity contribution < 1.29 is 9.90 Å². The molecule has 16 heavy (non-hydrogen) atoms. The number of carboxylic acids is 1. The third kappa shape index (κ3) is 0.761. The van der Waals surface area contributed by atoms with Gasteiger partial charge in [0.2, 0.25) is 0 Å². The van der Waals surface area contributed by atoms with Gasteiger partial charge in [-0.15, -0.1) is 0 Å². The second-order valence-electron chi connectivity index (χ2n) is 6.42. The van der Waals surface area contributed by atoms with Gasteiger partial charge in [0.05, 0.1) is 5.41 Å². The fourth-order valence-electron chi connectivity index (χ4n) is 5.41. The minimum absolute atomic E-state index is 0.193. The zero-order valence-corrected chi connectivity index (χ0v) is 10.4. The van der Waals surface area contributed by atoms with E-state index in [-0.39, 0.29) is 10.8 Å². The highest BCUT2D eigenvalue weighted by molar-refractivity contribution is 5.78. The molecule has 3 aliphatic carbocycles. The second kappa shape index (κ2) is 2.83. The first kappa shape index (κ1) is 10.6. The Morgan fingerprint density at radius 2 is 1.94 bits per heavy atom. The van der Waals surface area contributed by atoms with Gasteiger partial charge in [0, 0.05) is 0 Å². The number of carboxylic acid groups (broad SMARTS) is 1. The van der Waals surface area contributed by atoms with E-state index in [0.29, 0.717) is 5.41 Å². The molecule has 1 N–H and O–H groups in total. The van der Waals surface area contributed by atoms with Crippen LogP contribution in [-0.2, 0) is 4.79 Å². The maximum atomic E-state index is 11.7. The van der Waals surface area contributed by atoms with Crippen molar-refractivity contribution in [3.05, 3.63) is 0 Å². The molecule has 2 nitrogen and oxygen atoms in total. The van der Waals surface area contributed by atoms with Gasteiger partial charge in [-0.3, -0.25) is 4.79 Å². The minimum Gasteiger partial charge on any atom is -0.481 e. The number of carbonyl (C=O) groups is 1. The summed E-state index contributed by atoms with van der Waals surface area (Å²) < 4.78 is 0.